The number of hydrogen-bond acceptors (Lipinski definition) is 5. The van der Waals surface area contributed by atoms with Gasteiger partial charge in [0.25, 0.3) is 0 Å². The van der Waals surface area contributed by atoms with Crippen molar-refractivity contribution in [3.05, 3.63) is 29.8 Å². The van der Waals surface area contributed by atoms with E-state index in [1.807, 2.05) is 6.92 Å². The van der Waals surface area contributed by atoms with E-state index in [-0.39, 0.29) is 10.9 Å². The molecule has 1 aliphatic heterocycles. The Morgan fingerprint density at radius 1 is 1.38 bits per heavy atom. The van der Waals surface area contributed by atoms with Gasteiger partial charge in [-0.05, 0) is 37.5 Å². The lowest BCUT2D eigenvalue weighted by Crippen LogP contribution is -2.41. The topological polar surface area (TPSA) is 89.7 Å². The predicted molar refractivity (Wildman–Crippen MR) is 78.0 cm³/mol. The van der Waals surface area contributed by atoms with Gasteiger partial charge in [-0.25, -0.2) is 8.42 Å². The normalized spacial score (nSPS) is 21.2. The van der Waals surface area contributed by atoms with Gasteiger partial charge >= 0.3 is 5.97 Å². The Balaban J connectivity index is 2.30. The van der Waals surface area contributed by atoms with Gasteiger partial charge < -0.3 is 10.5 Å². The molecule has 7 heteroatoms. The van der Waals surface area contributed by atoms with Gasteiger partial charge in [0, 0.05) is 12.6 Å². The smallest absolute Gasteiger partial charge is 0.324 e. The third kappa shape index (κ3) is 3.09. The number of rotatable bonds is 4. The second-order valence-corrected chi connectivity index (χ2v) is 7.05. The van der Waals surface area contributed by atoms with Crippen molar-refractivity contribution in [2.75, 3.05) is 13.7 Å². The molecule has 2 atom stereocenters. The van der Waals surface area contributed by atoms with Crippen molar-refractivity contribution in [1.29, 1.82) is 0 Å². The molecule has 0 bridgehead atoms. The number of ether oxygens (including phenoxy) is 1. The van der Waals surface area contributed by atoms with Crippen molar-refractivity contribution >= 4 is 16.0 Å². The van der Waals surface area contributed by atoms with Crippen molar-refractivity contribution in [2.24, 2.45) is 5.73 Å². The minimum Gasteiger partial charge on any atom is -0.468 e. The van der Waals surface area contributed by atoms with Gasteiger partial charge in [-0.15, -0.1) is 0 Å². The van der Waals surface area contributed by atoms with E-state index in [9.17, 15) is 13.2 Å². The third-order valence-corrected chi connectivity index (χ3v) is 5.61. The molecule has 0 saturated carbocycles. The highest BCUT2D eigenvalue weighted by Crippen LogP contribution is 2.27. The zero-order valence-electron chi connectivity index (χ0n) is 12.2. The van der Waals surface area contributed by atoms with Crippen LogP contribution in [0.2, 0.25) is 0 Å². The van der Waals surface area contributed by atoms with Crippen molar-refractivity contribution < 1.29 is 17.9 Å². The van der Waals surface area contributed by atoms with Crippen molar-refractivity contribution in [3.8, 4) is 0 Å². The highest BCUT2D eigenvalue weighted by atomic mass is 32.2. The Bertz CT molecular complexity index is 610. The van der Waals surface area contributed by atoms with Gasteiger partial charge in [0.2, 0.25) is 10.0 Å². The van der Waals surface area contributed by atoms with E-state index < -0.39 is 22.0 Å². The summed E-state index contributed by atoms with van der Waals surface area (Å²) < 4.78 is 31.2. The number of methoxy groups -OCH3 is 1. The summed E-state index contributed by atoms with van der Waals surface area (Å²) in [6.07, 6.45) is 1.14. The Labute approximate surface area is 124 Å². The Kier molecular flexibility index (Phi) is 4.65. The molecule has 1 fully saturated rings. The average molecular weight is 312 g/mol. The summed E-state index contributed by atoms with van der Waals surface area (Å²) in [7, 11) is -2.43. The first-order chi connectivity index (χ1) is 9.87. The van der Waals surface area contributed by atoms with E-state index >= 15 is 0 Å². The molecule has 6 nitrogen and oxygen atoms in total. The predicted octanol–water partition coefficient (Wildman–Crippen LogP) is 1.03. The summed E-state index contributed by atoms with van der Waals surface area (Å²) in [4.78, 5) is 11.9. The summed E-state index contributed by atoms with van der Waals surface area (Å²) >= 11 is 0. The first-order valence-corrected chi connectivity index (χ1v) is 8.27. The van der Waals surface area contributed by atoms with Crippen molar-refractivity contribution in [3.63, 3.8) is 0 Å². The molecule has 116 valence electrons. The number of carbonyl (C=O) groups is 1. The molecular weight excluding hydrogens is 292 g/mol. The fraction of sp³-hybridized carbons (Fsp3) is 0.500. The van der Waals surface area contributed by atoms with Crippen LogP contribution in [0.25, 0.3) is 0 Å². The molecule has 1 aliphatic rings. The largest absolute Gasteiger partial charge is 0.468 e. The van der Waals surface area contributed by atoms with Crippen LogP contribution in [0.4, 0.5) is 0 Å². The van der Waals surface area contributed by atoms with Crippen LogP contribution < -0.4 is 5.73 Å². The van der Waals surface area contributed by atoms with E-state index in [0.29, 0.717) is 19.4 Å². The Morgan fingerprint density at radius 3 is 2.52 bits per heavy atom. The monoisotopic (exact) mass is 312 g/mol. The molecule has 0 aliphatic carbocycles. The van der Waals surface area contributed by atoms with Gasteiger partial charge in [-0.1, -0.05) is 12.1 Å². The summed E-state index contributed by atoms with van der Waals surface area (Å²) in [5.41, 5.74) is 6.61. The van der Waals surface area contributed by atoms with E-state index in [4.69, 9.17) is 5.73 Å². The van der Waals surface area contributed by atoms with Crippen LogP contribution in [0.3, 0.4) is 0 Å². The first-order valence-electron chi connectivity index (χ1n) is 6.83. The van der Waals surface area contributed by atoms with Crippen LogP contribution in [0, 0.1) is 0 Å². The van der Waals surface area contributed by atoms with Crippen LogP contribution in [0.1, 0.15) is 31.4 Å². The highest BCUT2D eigenvalue weighted by Gasteiger charge is 2.40. The number of nitrogens with zero attached hydrogens (tertiary/aromatic N) is 1. The minimum atomic E-state index is -3.69. The van der Waals surface area contributed by atoms with E-state index in [0.717, 1.165) is 5.56 Å². The Hall–Kier alpha value is -1.44. The van der Waals surface area contributed by atoms with E-state index in [2.05, 4.69) is 4.74 Å². The molecule has 1 saturated heterocycles. The number of hydrogen-bond donors (Lipinski definition) is 1. The molecule has 2 unspecified atom stereocenters. The third-order valence-electron chi connectivity index (χ3n) is 3.69. The van der Waals surface area contributed by atoms with Gasteiger partial charge in [0.05, 0.1) is 12.0 Å². The standard InChI is InChI=1S/C14H20N2O4S/c1-10(15)11-5-7-12(8-6-11)21(18,19)16-9-3-4-13(16)14(17)20-2/h5-8,10,13H,3-4,9,15H2,1-2H3. The maximum Gasteiger partial charge on any atom is 0.324 e. The maximum atomic E-state index is 12.6. The molecule has 0 radical (unpaired) electrons. The second-order valence-electron chi connectivity index (χ2n) is 5.15. The summed E-state index contributed by atoms with van der Waals surface area (Å²) in [6, 6.07) is 5.56. The second kappa shape index (κ2) is 6.13. The maximum absolute atomic E-state index is 12.6. The van der Waals surface area contributed by atoms with Crippen LogP contribution in [0.15, 0.2) is 29.2 Å². The van der Waals surface area contributed by atoms with E-state index in [1.54, 1.807) is 12.1 Å². The zero-order valence-corrected chi connectivity index (χ0v) is 13.0. The summed E-state index contributed by atoms with van der Waals surface area (Å²) in [5.74, 6) is -0.511. The highest BCUT2D eigenvalue weighted by molar-refractivity contribution is 7.89. The van der Waals surface area contributed by atoms with Crippen molar-refractivity contribution in [1.82, 2.24) is 4.31 Å². The molecule has 0 aromatic heterocycles. The molecule has 2 rings (SSSR count). The van der Waals surface area contributed by atoms with Crippen molar-refractivity contribution in [2.45, 2.75) is 36.7 Å². The molecule has 1 aromatic rings. The number of carbonyl (C=O) groups excluding carboxylic acids is 1. The molecule has 21 heavy (non-hydrogen) atoms. The SMILES string of the molecule is COC(=O)C1CCCN1S(=O)(=O)c1ccc(C(C)N)cc1. The summed E-state index contributed by atoms with van der Waals surface area (Å²) in [6.45, 7) is 2.16. The molecule has 1 aromatic carbocycles. The van der Waals surface area contributed by atoms with Crippen LogP contribution in [-0.2, 0) is 19.6 Å². The lowest BCUT2D eigenvalue weighted by atomic mass is 10.1. The lowest BCUT2D eigenvalue weighted by Gasteiger charge is -2.22. The number of sulfonamides is 1. The average Bonchev–Trinajstić information content (AvgIpc) is 2.96. The quantitative estimate of drug-likeness (QED) is 0.839. The van der Waals surface area contributed by atoms with Crippen LogP contribution in [-0.4, -0.2) is 38.4 Å². The molecule has 1 heterocycles. The number of benzene rings is 1. The Morgan fingerprint density at radius 2 is 2.00 bits per heavy atom. The minimum absolute atomic E-state index is 0.156. The van der Waals surface area contributed by atoms with E-state index in [1.165, 1.54) is 23.5 Å². The fourth-order valence-electron chi connectivity index (χ4n) is 2.48. The zero-order chi connectivity index (χ0) is 15.6. The molecular formula is C14H20N2O4S. The van der Waals surface area contributed by atoms with Gasteiger partial charge in [0.15, 0.2) is 0 Å². The molecule has 2 N–H and O–H groups in total. The number of nitrogens with two attached hydrogens (primary N) is 1. The van der Waals surface area contributed by atoms with Gasteiger partial charge in [-0.3, -0.25) is 4.79 Å². The number of esters is 1. The first kappa shape index (κ1) is 15.9. The molecule has 0 amide bonds. The van der Waals surface area contributed by atoms with Gasteiger partial charge in [0.1, 0.15) is 6.04 Å². The van der Waals surface area contributed by atoms with Crippen LogP contribution in [0.5, 0.6) is 0 Å². The molecule has 0 spiro atoms. The van der Waals surface area contributed by atoms with Gasteiger partial charge in [-0.2, -0.15) is 4.31 Å². The lowest BCUT2D eigenvalue weighted by molar-refractivity contribution is -0.144. The fourth-order valence-corrected chi connectivity index (χ4v) is 4.12. The van der Waals surface area contributed by atoms with Crippen LogP contribution >= 0.6 is 0 Å². The summed E-state index contributed by atoms with van der Waals surface area (Å²) in [5, 5.41) is 0.